The molecule has 1 N–H and O–H groups in total. The molecule has 10 heteroatoms. The van der Waals surface area contributed by atoms with E-state index in [-0.39, 0.29) is 16.8 Å². The fourth-order valence-electron chi connectivity index (χ4n) is 1.82. The SMILES string of the molecule is O=S(=O)(NC[C@@H]1CSCCS1)c1cc(C(F)(F)F)ccc1Cl. The van der Waals surface area contributed by atoms with E-state index in [9.17, 15) is 21.6 Å². The highest BCUT2D eigenvalue weighted by Gasteiger charge is 2.32. The molecule has 1 aromatic rings. The lowest BCUT2D eigenvalue weighted by atomic mass is 10.2. The number of alkyl halides is 3. The Balaban J connectivity index is 2.17. The maximum Gasteiger partial charge on any atom is 0.416 e. The van der Waals surface area contributed by atoms with E-state index < -0.39 is 26.7 Å². The fourth-order valence-corrected chi connectivity index (χ4v) is 6.14. The quantitative estimate of drug-likeness (QED) is 0.853. The topological polar surface area (TPSA) is 46.2 Å². The number of thioether (sulfide) groups is 2. The maximum atomic E-state index is 12.7. The van der Waals surface area contributed by atoms with Crippen LogP contribution in [0, 0.1) is 0 Å². The average Bonchev–Trinajstić information content (AvgIpc) is 2.45. The largest absolute Gasteiger partial charge is 0.416 e. The zero-order chi connectivity index (χ0) is 16.4. The first kappa shape index (κ1) is 18.3. The van der Waals surface area contributed by atoms with E-state index in [0.29, 0.717) is 6.07 Å². The summed E-state index contributed by atoms with van der Waals surface area (Å²) in [5.41, 5.74) is -1.04. The van der Waals surface area contributed by atoms with Crippen molar-refractivity contribution in [2.45, 2.75) is 16.3 Å². The van der Waals surface area contributed by atoms with Crippen LogP contribution in [-0.4, -0.2) is 37.5 Å². The summed E-state index contributed by atoms with van der Waals surface area (Å²) in [6, 6.07) is 2.27. The highest BCUT2D eigenvalue weighted by atomic mass is 35.5. The molecule has 1 saturated heterocycles. The first-order valence-corrected chi connectivity index (χ1v) is 10.3. The van der Waals surface area contributed by atoms with Crippen LogP contribution in [-0.2, 0) is 16.2 Å². The second-order valence-electron chi connectivity index (χ2n) is 4.56. The zero-order valence-electron chi connectivity index (χ0n) is 11.2. The standard InChI is InChI=1S/C12H13ClF3NO2S3/c13-10-2-1-8(12(14,15)16)5-11(10)22(18,19)17-6-9-7-20-3-4-21-9/h1-2,5,9,17H,3-4,6-7H2/t9-/m1/s1. The Morgan fingerprint density at radius 1 is 1.32 bits per heavy atom. The molecule has 0 spiro atoms. The molecule has 124 valence electrons. The lowest BCUT2D eigenvalue weighted by molar-refractivity contribution is -0.137. The van der Waals surface area contributed by atoms with Gasteiger partial charge in [0.2, 0.25) is 10.0 Å². The predicted octanol–water partition coefficient (Wildman–Crippen LogP) is 3.49. The van der Waals surface area contributed by atoms with Gasteiger partial charge in [-0.1, -0.05) is 11.6 Å². The normalized spacial score (nSPS) is 20.1. The van der Waals surface area contributed by atoms with Crippen molar-refractivity contribution >= 4 is 45.1 Å². The number of nitrogens with one attached hydrogen (secondary N) is 1. The van der Waals surface area contributed by atoms with Crippen LogP contribution in [0.2, 0.25) is 5.02 Å². The molecule has 1 fully saturated rings. The molecule has 0 aliphatic carbocycles. The third kappa shape index (κ3) is 4.70. The summed E-state index contributed by atoms with van der Waals surface area (Å²) in [4.78, 5) is -0.544. The van der Waals surface area contributed by atoms with Gasteiger partial charge in [-0.15, -0.1) is 0 Å². The summed E-state index contributed by atoms with van der Waals surface area (Å²) in [6.45, 7) is 0.173. The van der Waals surface area contributed by atoms with Gasteiger partial charge in [-0.3, -0.25) is 0 Å². The van der Waals surface area contributed by atoms with Crippen molar-refractivity contribution in [1.82, 2.24) is 4.72 Å². The molecule has 1 aliphatic heterocycles. The van der Waals surface area contributed by atoms with Crippen LogP contribution in [0.4, 0.5) is 13.2 Å². The number of rotatable bonds is 4. The summed E-state index contributed by atoms with van der Waals surface area (Å²) in [5, 5.41) is -0.121. The summed E-state index contributed by atoms with van der Waals surface area (Å²) < 4.78 is 64.8. The number of hydrogen-bond acceptors (Lipinski definition) is 4. The molecule has 0 aromatic heterocycles. The average molecular weight is 392 g/mol. The third-order valence-corrected chi connectivity index (χ3v) is 7.68. The number of sulfonamides is 1. The van der Waals surface area contributed by atoms with Crippen molar-refractivity contribution in [3.63, 3.8) is 0 Å². The number of hydrogen-bond donors (Lipinski definition) is 1. The minimum absolute atomic E-state index is 0.109. The highest BCUT2D eigenvalue weighted by molar-refractivity contribution is 8.06. The van der Waals surface area contributed by atoms with Crippen LogP contribution in [0.3, 0.4) is 0 Å². The molecule has 1 aliphatic rings. The minimum Gasteiger partial charge on any atom is -0.210 e. The number of benzene rings is 1. The molecule has 3 nitrogen and oxygen atoms in total. The molecule has 0 saturated carbocycles. The first-order valence-electron chi connectivity index (χ1n) is 6.26. The Hall–Kier alpha value is -0.0900. The Kier molecular flexibility index (Phi) is 5.98. The van der Waals surface area contributed by atoms with Crippen LogP contribution >= 0.6 is 35.1 Å². The summed E-state index contributed by atoms with van der Waals surface area (Å²) in [7, 11) is -4.08. The van der Waals surface area contributed by atoms with Gasteiger partial charge < -0.3 is 0 Å². The molecule has 0 radical (unpaired) electrons. The van der Waals surface area contributed by atoms with Crippen LogP contribution in [0.5, 0.6) is 0 Å². The van der Waals surface area contributed by atoms with E-state index in [1.165, 1.54) is 0 Å². The van der Waals surface area contributed by atoms with Crippen LogP contribution in [0.15, 0.2) is 23.1 Å². The third-order valence-electron chi connectivity index (χ3n) is 2.93. The molecule has 0 bridgehead atoms. The van der Waals surface area contributed by atoms with Gasteiger partial charge in [0, 0.05) is 29.1 Å². The molecule has 22 heavy (non-hydrogen) atoms. The molecule has 1 atom stereocenters. The molecule has 1 heterocycles. The first-order chi connectivity index (χ1) is 10.2. The Morgan fingerprint density at radius 3 is 2.64 bits per heavy atom. The van der Waals surface area contributed by atoms with Gasteiger partial charge in [0.05, 0.1) is 10.6 Å². The molecule has 2 rings (SSSR count). The lowest BCUT2D eigenvalue weighted by Gasteiger charge is -2.21. The molecular weight excluding hydrogens is 379 g/mol. The van der Waals surface area contributed by atoms with Gasteiger partial charge >= 0.3 is 6.18 Å². The van der Waals surface area contributed by atoms with Crippen molar-refractivity contribution in [3.8, 4) is 0 Å². The van der Waals surface area contributed by atoms with E-state index >= 15 is 0 Å². The molecular formula is C12H13ClF3NO2S3. The smallest absolute Gasteiger partial charge is 0.210 e. The fraction of sp³-hybridized carbons (Fsp3) is 0.500. The van der Waals surface area contributed by atoms with E-state index in [1.54, 1.807) is 23.5 Å². The summed E-state index contributed by atoms with van der Waals surface area (Å²) >= 11 is 9.13. The maximum absolute atomic E-state index is 12.7. The Bertz CT molecular complexity index is 631. The van der Waals surface area contributed by atoms with Crippen LogP contribution < -0.4 is 4.72 Å². The van der Waals surface area contributed by atoms with Gasteiger partial charge in [0.25, 0.3) is 0 Å². The van der Waals surface area contributed by atoms with Gasteiger partial charge in [-0.2, -0.15) is 36.7 Å². The van der Waals surface area contributed by atoms with Crippen molar-refractivity contribution in [1.29, 1.82) is 0 Å². The second kappa shape index (κ2) is 7.21. The van der Waals surface area contributed by atoms with E-state index in [2.05, 4.69) is 4.72 Å². The van der Waals surface area contributed by atoms with Crippen molar-refractivity contribution < 1.29 is 21.6 Å². The summed E-state index contributed by atoms with van der Waals surface area (Å²) in [5.74, 6) is 2.76. The number of halogens is 4. The monoisotopic (exact) mass is 391 g/mol. The predicted molar refractivity (Wildman–Crippen MR) is 85.2 cm³/mol. The Labute approximate surface area is 140 Å². The Morgan fingerprint density at radius 2 is 2.05 bits per heavy atom. The van der Waals surface area contributed by atoms with Crippen LogP contribution in [0.25, 0.3) is 0 Å². The van der Waals surface area contributed by atoms with E-state index in [4.69, 9.17) is 11.6 Å². The van der Waals surface area contributed by atoms with Gasteiger partial charge in [0.1, 0.15) is 4.90 Å². The van der Waals surface area contributed by atoms with Crippen LogP contribution in [0.1, 0.15) is 5.56 Å². The van der Waals surface area contributed by atoms with E-state index in [1.807, 2.05) is 0 Å². The summed E-state index contributed by atoms with van der Waals surface area (Å²) in [6.07, 6.45) is -4.62. The highest BCUT2D eigenvalue weighted by Crippen LogP contribution is 2.33. The minimum atomic E-state index is -4.62. The molecule has 0 amide bonds. The second-order valence-corrected chi connectivity index (χ2v) is 9.26. The van der Waals surface area contributed by atoms with Gasteiger partial charge in [-0.25, -0.2) is 13.1 Å². The van der Waals surface area contributed by atoms with Gasteiger partial charge in [0.15, 0.2) is 0 Å². The lowest BCUT2D eigenvalue weighted by Crippen LogP contribution is -2.33. The van der Waals surface area contributed by atoms with Crippen molar-refractivity contribution in [2.75, 3.05) is 23.8 Å². The zero-order valence-corrected chi connectivity index (χ0v) is 14.4. The van der Waals surface area contributed by atoms with Gasteiger partial charge in [-0.05, 0) is 18.2 Å². The van der Waals surface area contributed by atoms with E-state index in [0.717, 1.165) is 29.4 Å². The molecule has 0 unspecified atom stereocenters. The van der Waals surface area contributed by atoms with Crippen molar-refractivity contribution in [3.05, 3.63) is 28.8 Å². The van der Waals surface area contributed by atoms with Crippen molar-refractivity contribution in [2.24, 2.45) is 0 Å². The molecule has 1 aromatic carbocycles.